The second kappa shape index (κ2) is 5.41. The van der Waals surface area contributed by atoms with Crippen LogP contribution in [0.3, 0.4) is 0 Å². The zero-order valence-corrected chi connectivity index (χ0v) is 12.3. The van der Waals surface area contributed by atoms with E-state index in [1.165, 1.54) is 19.3 Å². The maximum absolute atomic E-state index is 6.17. The quantitative estimate of drug-likeness (QED) is 0.906. The summed E-state index contributed by atoms with van der Waals surface area (Å²) >= 11 is 0. The number of nitrogens with zero attached hydrogens (tertiary/aromatic N) is 2. The number of para-hydroxylation sites is 1. The molecule has 2 N–H and O–H groups in total. The zero-order chi connectivity index (χ0) is 14.1. The van der Waals surface area contributed by atoms with E-state index in [1.54, 1.807) is 0 Å². The predicted octanol–water partition coefficient (Wildman–Crippen LogP) is 3.58. The van der Waals surface area contributed by atoms with E-state index in [9.17, 15) is 0 Å². The highest BCUT2D eigenvalue weighted by Crippen LogP contribution is 2.26. The molecule has 0 bridgehead atoms. The van der Waals surface area contributed by atoms with Crippen LogP contribution in [0.1, 0.15) is 38.8 Å². The number of rotatable bonds is 2. The fourth-order valence-electron chi connectivity index (χ4n) is 3.31. The molecule has 1 aromatic carbocycles. The molecular formula is C17H23N3. The Labute approximate surface area is 120 Å². The lowest BCUT2D eigenvalue weighted by Crippen LogP contribution is -2.43. The van der Waals surface area contributed by atoms with Crippen molar-refractivity contribution in [3.8, 4) is 0 Å². The van der Waals surface area contributed by atoms with Crippen LogP contribution in [0.25, 0.3) is 10.9 Å². The van der Waals surface area contributed by atoms with Gasteiger partial charge in [-0.1, -0.05) is 24.6 Å². The SMILES string of the molecule is CC1CCCC(C)N1Cc1cc(N)c2ccccc2n1. The second-order valence-electron chi connectivity index (χ2n) is 6.02. The van der Waals surface area contributed by atoms with Crippen molar-refractivity contribution in [1.82, 2.24) is 9.88 Å². The minimum atomic E-state index is 0.633. The second-order valence-corrected chi connectivity index (χ2v) is 6.02. The van der Waals surface area contributed by atoms with E-state index in [-0.39, 0.29) is 0 Å². The number of pyridine rings is 1. The van der Waals surface area contributed by atoms with Crippen LogP contribution >= 0.6 is 0 Å². The third-order valence-corrected chi connectivity index (χ3v) is 4.52. The standard InChI is InChI=1S/C17H23N3/c1-12-6-5-7-13(2)20(12)11-14-10-16(18)15-8-3-4-9-17(15)19-14/h3-4,8-10,12-13H,5-7,11H2,1-2H3,(H2,18,19). The first kappa shape index (κ1) is 13.4. The van der Waals surface area contributed by atoms with Gasteiger partial charge in [-0.25, -0.2) is 0 Å². The van der Waals surface area contributed by atoms with Gasteiger partial charge in [-0.2, -0.15) is 0 Å². The van der Waals surface area contributed by atoms with Crippen molar-refractivity contribution in [1.29, 1.82) is 0 Å². The molecule has 20 heavy (non-hydrogen) atoms. The van der Waals surface area contributed by atoms with Crippen molar-refractivity contribution in [2.24, 2.45) is 0 Å². The zero-order valence-electron chi connectivity index (χ0n) is 12.3. The summed E-state index contributed by atoms with van der Waals surface area (Å²) in [7, 11) is 0. The largest absolute Gasteiger partial charge is 0.398 e. The molecule has 3 rings (SSSR count). The van der Waals surface area contributed by atoms with E-state index in [1.807, 2.05) is 30.3 Å². The van der Waals surface area contributed by atoms with Crippen molar-refractivity contribution in [2.75, 3.05) is 5.73 Å². The van der Waals surface area contributed by atoms with Crippen LogP contribution in [0.15, 0.2) is 30.3 Å². The van der Waals surface area contributed by atoms with Crippen LogP contribution in [0.4, 0.5) is 5.69 Å². The smallest absolute Gasteiger partial charge is 0.0726 e. The highest BCUT2D eigenvalue weighted by atomic mass is 15.2. The highest BCUT2D eigenvalue weighted by Gasteiger charge is 2.25. The van der Waals surface area contributed by atoms with Crippen molar-refractivity contribution in [3.05, 3.63) is 36.0 Å². The number of hydrogen-bond donors (Lipinski definition) is 1. The van der Waals surface area contributed by atoms with Gasteiger partial charge in [0.25, 0.3) is 0 Å². The molecule has 0 amide bonds. The lowest BCUT2D eigenvalue weighted by Gasteiger charge is -2.38. The van der Waals surface area contributed by atoms with E-state index in [0.29, 0.717) is 12.1 Å². The number of likely N-dealkylation sites (tertiary alicyclic amines) is 1. The minimum Gasteiger partial charge on any atom is -0.398 e. The average molecular weight is 269 g/mol. The van der Waals surface area contributed by atoms with Crippen molar-refractivity contribution < 1.29 is 0 Å². The number of hydrogen-bond acceptors (Lipinski definition) is 3. The summed E-state index contributed by atoms with van der Waals surface area (Å²) in [6, 6.07) is 11.4. The molecule has 3 nitrogen and oxygen atoms in total. The van der Waals surface area contributed by atoms with Gasteiger partial charge in [0.1, 0.15) is 0 Å². The Morgan fingerprint density at radius 3 is 2.65 bits per heavy atom. The van der Waals surface area contributed by atoms with Gasteiger partial charge in [0.05, 0.1) is 11.2 Å². The summed E-state index contributed by atoms with van der Waals surface area (Å²) in [6.07, 6.45) is 3.91. The van der Waals surface area contributed by atoms with E-state index in [0.717, 1.165) is 28.8 Å². The predicted molar refractivity (Wildman–Crippen MR) is 84.5 cm³/mol. The molecule has 0 saturated carbocycles. The summed E-state index contributed by atoms with van der Waals surface area (Å²) in [4.78, 5) is 7.33. The molecule has 0 spiro atoms. The van der Waals surface area contributed by atoms with Gasteiger partial charge in [-0.15, -0.1) is 0 Å². The normalized spacial score (nSPS) is 24.1. The maximum Gasteiger partial charge on any atom is 0.0726 e. The number of aromatic nitrogens is 1. The van der Waals surface area contributed by atoms with Crippen LogP contribution in [0, 0.1) is 0 Å². The third-order valence-electron chi connectivity index (χ3n) is 4.52. The Balaban J connectivity index is 1.90. The highest BCUT2D eigenvalue weighted by molar-refractivity contribution is 5.90. The molecule has 1 saturated heterocycles. The Morgan fingerprint density at radius 2 is 1.90 bits per heavy atom. The molecule has 0 radical (unpaired) electrons. The molecule has 2 aromatic rings. The third kappa shape index (κ3) is 2.50. The molecule has 2 atom stereocenters. The van der Waals surface area contributed by atoms with Gasteiger partial charge in [-0.3, -0.25) is 9.88 Å². The number of nitrogens with two attached hydrogens (primary N) is 1. The van der Waals surface area contributed by atoms with Crippen LogP contribution in [-0.4, -0.2) is 22.0 Å². The molecule has 0 aliphatic carbocycles. The first-order valence-electron chi connectivity index (χ1n) is 7.55. The minimum absolute atomic E-state index is 0.633. The maximum atomic E-state index is 6.17. The summed E-state index contributed by atoms with van der Waals surface area (Å²) in [6.45, 7) is 5.54. The van der Waals surface area contributed by atoms with Gasteiger partial charge in [-0.05, 0) is 38.8 Å². The molecule has 1 aliphatic heterocycles. The van der Waals surface area contributed by atoms with Crippen LogP contribution in [0.2, 0.25) is 0 Å². The van der Waals surface area contributed by atoms with Gasteiger partial charge >= 0.3 is 0 Å². The van der Waals surface area contributed by atoms with E-state index < -0.39 is 0 Å². The number of anilines is 1. The molecule has 3 heteroatoms. The van der Waals surface area contributed by atoms with Crippen LogP contribution < -0.4 is 5.73 Å². The molecule has 1 aromatic heterocycles. The topological polar surface area (TPSA) is 42.1 Å². The fraction of sp³-hybridized carbons (Fsp3) is 0.471. The Kier molecular flexibility index (Phi) is 3.62. The summed E-state index contributed by atoms with van der Waals surface area (Å²) in [5.74, 6) is 0. The molecule has 1 fully saturated rings. The first-order chi connectivity index (χ1) is 9.65. The number of benzene rings is 1. The number of nitrogen functional groups attached to an aromatic ring is 1. The van der Waals surface area contributed by atoms with E-state index in [4.69, 9.17) is 10.7 Å². The van der Waals surface area contributed by atoms with E-state index >= 15 is 0 Å². The first-order valence-corrected chi connectivity index (χ1v) is 7.55. The van der Waals surface area contributed by atoms with E-state index in [2.05, 4.69) is 18.7 Å². The monoisotopic (exact) mass is 269 g/mol. The van der Waals surface area contributed by atoms with Gasteiger partial charge in [0.15, 0.2) is 0 Å². The summed E-state index contributed by atoms with van der Waals surface area (Å²) < 4.78 is 0. The Bertz CT molecular complexity index is 598. The molecule has 2 heterocycles. The summed E-state index contributed by atoms with van der Waals surface area (Å²) in [5.41, 5.74) is 9.09. The Hall–Kier alpha value is -1.61. The van der Waals surface area contributed by atoms with Crippen molar-refractivity contribution >= 4 is 16.6 Å². The summed E-state index contributed by atoms with van der Waals surface area (Å²) in [5, 5.41) is 1.05. The van der Waals surface area contributed by atoms with Crippen LogP contribution in [0.5, 0.6) is 0 Å². The van der Waals surface area contributed by atoms with Gasteiger partial charge < -0.3 is 5.73 Å². The molecule has 2 unspecified atom stereocenters. The number of piperidine rings is 1. The molecule has 106 valence electrons. The average Bonchev–Trinajstić information content (AvgIpc) is 2.43. The molecule has 1 aliphatic rings. The molecular weight excluding hydrogens is 246 g/mol. The number of fused-ring (bicyclic) bond motifs is 1. The fourth-order valence-corrected chi connectivity index (χ4v) is 3.31. The lowest BCUT2D eigenvalue weighted by atomic mass is 9.97. The van der Waals surface area contributed by atoms with Gasteiger partial charge in [0, 0.05) is 29.7 Å². The lowest BCUT2D eigenvalue weighted by molar-refractivity contribution is 0.0940. The van der Waals surface area contributed by atoms with Crippen molar-refractivity contribution in [3.63, 3.8) is 0 Å². The van der Waals surface area contributed by atoms with Gasteiger partial charge in [0.2, 0.25) is 0 Å². The van der Waals surface area contributed by atoms with Crippen molar-refractivity contribution in [2.45, 2.75) is 51.7 Å². The van der Waals surface area contributed by atoms with Crippen LogP contribution in [-0.2, 0) is 6.54 Å². The Morgan fingerprint density at radius 1 is 1.20 bits per heavy atom.